The molecule has 128 valence electrons. The largest absolute Gasteiger partial charge is 0.478 e. The molecule has 0 fully saturated rings. The highest BCUT2D eigenvalue weighted by molar-refractivity contribution is 6.09. The van der Waals surface area contributed by atoms with Gasteiger partial charge in [-0.25, -0.2) is 4.79 Å². The fourth-order valence-corrected chi connectivity index (χ4v) is 2.87. The Bertz CT molecular complexity index is 840. The third-order valence-electron chi connectivity index (χ3n) is 4.22. The quantitative estimate of drug-likeness (QED) is 0.865. The molecular formula is C18H17N3O4. The van der Waals surface area contributed by atoms with E-state index in [0.29, 0.717) is 11.4 Å². The molecule has 2 heterocycles. The van der Waals surface area contributed by atoms with Crippen LogP contribution in [0.15, 0.2) is 53.7 Å². The van der Waals surface area contributed by atoms with Crippen molar-refractivity contribution in [2.45, 2.75) is 25.4 Å². The predicted molar refractivity (Wildman–Crippen MR) is 90.8 cm³/mol. The first kappa shape index (κ1) is 16.6. The van der Waals surface area contributed by atoms with Crippen molar-refractivity contribution in [2.24, 2.45) is 4.99 Å². The van der Waals surface area contributed by atoms with Crippen molar-refractivity contribution < 1.29 is 19.5 Å². The summed E-state index contributed by atoms with van der Waals surface area (Å²) in [5.74, 6) is -1.26. The van der Waals surface area contributed by atoms with E-state index in [4.69, 9.17) is 5.11 Å². The van der Waals surface area contributed by atoms with E-state index in [1.165, 1.54) is 12.1 Å². The van der Waals surface area contributed by atoms with Crippen LogP contribution in [0.2, 0.25) is 0 Å². The van der Waals surface area contributed by atoms with Crippen molar-refractivity contribution in [2.75, 3.05) is 0 Å². The lowest BCUT2D eigenvalue weighted by molar-refractivity contribution is -0.134. The minimum absolute atomic E-state index is 0.0321. The Morgan fingerprint density at radius 3 is 2.92 bits per heavy atom. The minimum atomic E-state index is -1.08. The summed E-state index contributed by atoms with van der Waals surface area (Å²) in [7, 11) is 0. The zero-order chi connectivity index (χ0) is 18.0. The Hall–Kier alpha value is -3.22. The Balaban J connectivity index is 1.76. The molecule has 0 radical (unpaired) electrons. The highest BCUT2D eigenvalue weighted by atomic mass is 16.4. The Kier molecular flexibility index (Phi) is 4.22. The van der Waals surface area contributed by atoms with E-state index < -0.39 is 11.5 Å². The molecule has 2 N–H and O–H groups in total. The molecule has 3 rings (SSSR count). The lowest BCUT2D eigenvalue weighted by atomic mass is 9.91. The zero-order valence-corrected chi connectivity index (χ0v) is 13.6. The number of nitrogens with zero attached hydrogens (tertiary/aromatic N) is 2. The number of nitrogens with one attached hydrogen (secondary N) is 1. The summed E-state index contributed by atoms with van der Waals surface area (Å²) in [5.41, 5.74) is -0.258. The number of carbonyl (C=O) groups excluding carboxylic acids is 2. The van der Waals surface area contributed by atoms with Gasteiger partial charge in [0.05, 0.1) is 12.0 Å². The topological polar surface area (TPSA) is 99.1 Å². The van der Waals surface area contributed by atoms with Gasteiger partial charge in [0, 0.05) is 12.7 Å². The van der Waals surface area contributed by atoms with E-state index in [1.807, 2.05) is 0 Å². The highest BCUT2D eigenvalue weighted by Gasteiger charge is 2.44. The first-order valence-corrected chi connectivity index (χ1v) is 7.76. The van der Waals surface area contributed by atoms with Gasteiger partial charge < -0.3 is 15.3 Å². The molecule has 7 nitrogen and oxygen atoms in total. The molecule has 1 aromatic carbocycles. The second-order valence-electron chi connectivity index (χ2n) is 6.07. The first-order valence-electron chi connectivity index (χ1n) is 7.76. The summed E-state index contributed by atoms with van der Waals surface area (Å²) in [4.78, 5) is 41.3. The molecule has 0 bridgehead atoms. The van der Waals surface area contributed by atoms with Crippen molar-refractivity contribution in [3.05, 3.63) is 59.8 Å². The third-order valence-corrected chi connectivity index (χ3v) is 4.22. The van der Waals surface area contributed by atoms with Crippen LogP contribution in [0.4, 0.5) is 0 Å². The molecule has 2 amide bonds. The van der Waals surface area contributed by atoms with Gasteiger partial charge in [-0.05, 0) is 36.8 Å². The molecule has 0 spiro atoms. The molecule has 2 aliphatic heterocycles. The van der Waals surface area contributed by atoms with E-state index >= 15 is 0 Å². The third kappa shape index (κ3) is 3.21. The van der Waals surface area contributed by atoms with E-state index in [0.717, 1.165) is 0 Å². The molecule has 25 heavy (non-hydrogen) atoms. The summed E-state index contributed by atoms with van der Waals surface area (Å²) in [6, 6.07) is 6.35. The molecule has 0 aromatic heterocycles. The number of rotatable bonds is 4. The van der Waals surface area contributed by atoms with Crippen LogP contribution in [0.1, 0.15) is 29.3 Å². The van der Waals surface area contributed by atoms with Crippen molar-refractivity contribution in [1.29, 1.82) is 0 Å². The van der Waals surface area contributed by atoms with Crippen LogP contribution >= 0.6 is 0 Å². The number of carboxylic acids is 1. The Labute approximate surface area is 144 Å². The molecule has 0 aliphatic carbocycles. The van der Waals surface area contributed by atoms with Crippen LogP contribution in [0.25, 0.3) is 0 Å². The minimum Gasteiger partial charge on any atom is -0.478 e. The van der Waals surface area contributed by atoms with Crippen molar-refractivity contribution >= 4 is 23.6 Å². The molecular weight excluding hydrogens is 322 g/mol. The summed E-state index contributed by atoms with van der Waals surface area (Å²) in [6.45, 7) is 1.86. The van der Waals surface area contributed by atoms with Gasteiger partial charge in [0.15, 0.2) is 0 Å². The summed E-state index contributed by atoms with van der Waals surface area (Å²) in [5, 5.41) is 11.8. The number of hydrogen-bond donors (Lipinski definition) is 2. The van der Waals surface area contributed by atoms with Gasteiger partial charge in [-0.2, -0.15) is 4.99 Å². The van der Waals surface area contributed by atoms with E-state index in [-0.39, 0.29) is 30.3 Å². The second-order valence-corrected chi connectivity index (χ2v) is 6.07. The van der Waals surface area contributed by atoms with Crippen LogP contribution in [-0.2, 0) is 16.1 Å². The van der Waals surface area contributed by atoms with Gasteiger partial charge in [-0.15, -0.1) is 0 Å². The van der Waals surface area contributed by atoms with Gasteiger partial charge in [0.25, 0.3) is 5.91 Å². The lowest BCUT2D eigenvalue weighted by Gasteiger charge is -2.41. The number of carbonyl (C=O) groups is 3. The normalized spacial score (nSPS) is 21.6. The van der Waals surface area contributed by atoms with Gasteiger partial charge in [-0.1, -0.05) is 18.2 Å². The van der Waals surface area contributed by atoms with Crippen molar-refractivity contribution in [3.8, 4) is 0 Å². The number of carboxylic acid groups (broad SMARTS) is 1. The lowest BCUT2D eigenvalue weighted by Crippen LogP contribution is -2.59. The smallest absolute Gasteiger partial charge is 0.335 e. The summed E-state index contributed by atoms with van der Waals surface area (Å²) in [6.07, 6.45) is 6.89. The molecule has 1 aromatic rings. The average molecular weight is 339 g/mol. The van der Waals surface area contributed by atoms with Gasteiger partial charge in [0.1, 0.15) is 11.4 Å². The van der Waals surface area contributed by atoms with Crippen LogP contribution in [-0.4, -0.2) is 39.2 Å². The number of amides is 2. The number of allylic oxidation sites excluding steroid dienone is 2. The fraction of sp³-hybridized carbons (Fsp3) is 0.222. The van der Waals surface area contributed by atoms with E-state index in [9.17, 15) is 14.4 Å². The standard InChI is InChI=1S/C18H17N3O4/c1-18(10-15(22)20-14-7-2-3-8-21(14)18)17(25)19-11-12-5-4-6-13(9-12)16(23)24/h2-9H,10-11H2,1H3,(H,19,25)(H,23,24). The molecule has 0 saturated heterocycles. The van der Waals surface area contributed by atoms with Gasteiger partial charge in [0.2, 0.25) is 5.91 Å². The van der Waals surface area contributed by atoms with E-state index in [1.54, 1.807) is 48.4 Å². The first-order chi connectivity index (χ1) is 11.9. The number of benzene rings is 1. The number of amidine groups is 1. The van der Waals surface area contributed by atoms with Gasteiger partial charge in [-0.3, -0.25) is 9.59 Å². The average Bonchev–Trinajstić information content (AvgIpc) is 2.59. The molecule has 0 saturated carbocycles. The summed E-state index contributed by atoms with van der Waals surface area (Å²) < 4.78 is 0. The van der Waals surface area contributed by atoms with Crippen LogP contribution in [0.5, 0.6) is 0 Å². The fourth-order valence-electron chi connectivity index (χ4n) is 2.87. The highest BCUT2D eigenvalue weighted by Crippen LogP contribution is 2.28. The summed E-state index contributed by atoms with van der Waals surface area (Å²) >= 11 is 0. The molecule has 7 heteroatoms. The number of hydrogen-bond acceptors (Lipinski definition) is 4. The van der Waals surface area contributed by atoms with Crippen LogP contribution in [0, 0.1) is 0 Å². The number of fused-ring (bicyclic) bond motifs is 1. The molecule has 1 atom stereocenters. The number of aromatic carboxylic acids is 1. The van der Waals surface area contributed by atoms with Crippen molar-refractivity contribution in [3.63, 3.8) is 0 Å². The van der Waals surface area contributed by atoms with Gasteiger partial charge >= 0.3 is 5.97 Å². The number of aliphatic imine (C=N–C) groups is 1. The Morgan fingerprint density at radius 2 is 2.16 bits per heavy atom. The van der Waals surface area contributed by atoms with Crippen LogP contribution in [0.3, 0.4) is 0 Å². The zero-order valence-electron chi connectivity index (χ0n) is 13.6. The Morgan fingerprint density at radius 1 is 1.36 bits per heavy atom. The SMILES string of the molecule is CC1(C(=O)NCc2cccc(C(=O)O)c2)CC(=O)N=C2C=CC=CN21. The monoisotopic (exact) mass is 339 g/mol. The maximum atomic E-state index is 12.8. The van der Waals surface area contributed by atoms with Crippen molar-refractivity contribution in [1.82, 2.24) is 10.2 Å². The molecule has 2 aliphatic rings. The van der Waals surface area contributed by atoms with E-state index in [2.05, 4.69) is 10.3 Å². The second kappa shape index (κ2) is 6.35. The van der Waals surface area contributed by atoms with Crippen LogP contribution < -0.4 is 5.32 Å². The molecule has 1 unspecified atom stereocenters. The predicted octanol–water partition coefficient (Wildman–Crippen LogP) is 1.47. The maximum Gasteiger partial charge on any atom is 0.335 e. The maximum absolute atomic E-state index is 12.8.